The second-order valence-corrected chi connectivity index (χ2v) is 5.23. The van der Waals surface area contributed by atoms with Gasteiger partial charge in [-0.05, 0) is 30.7 Å². The zero-order valence-corrected chi connectivity index (χ0v) is 12.6. The van der Waals surface area contributed by atoms with Crippen LogP contribution in [0.1, 0.15) is 21.6 Å². The van der Waals surface area contributed by atoms with Gasteiger partial charge in [-0.3, -0.25) is 25.4 Å². The van der Waals surface area contributed by atoms with Gasteiger partial charge in [-0.25, -0.2) is 0 Å². The molecule has 3 N–H and O–H groups in total. The van der Waals surface area contributed by atoms with Crippen LogP contribution in [-0.4, -0.2) is 21.8 Å². The molecule has 3 rings (SSSR count). The number of H-pyrrole nitrogens is 1. The standard InChI is InChI=1S/C17H16N4O2/c1-11-6-7-12(9-18-11)17(23)21-20-16(22)8-13-10-19-15-5-3-2-4-14(13)15/h2-7,9-10,19H,8H2,1H3,(H,20,22)(H,21,23). The molecular formula is C17H16N4O2. The van der Waals surface area contributed by atoms with E-state index < -0.39 is 5.91 Å². The zero-order chi connectivity index (χ0) is 16.2. The molecule has 0 radical (unpaired) electrons. The van der Waals surface area contributed by atoms with Crippen LogP contribution in [0.5, 0.6) is 0 Å². The van der Waals surface area contributed by atoms with E-state index >= 15 is 0 Å². The summed E-state index contributed by atoms with van der Waals surface area (Å²) in [6, 6.07) is 11.1. The Balaban J connectivity index is 1.59. The molecular weight excluding hydrogens is 292 g/mol. The summed E-state index contributed by atoms with van der Waals surface area (Å²) < 4.78 is 0. The van der Waals surface area contributed by atoms with Gasteiger partial charge in [-0.15, -0.1) is 0 Å². The van der Waals surface area contributed by atoms with Gasteiger partial charge in [0.15, 0.2) is 0 Å². The highest BCUT2D eigenvalue weighted by atomic mass is 16.2. The van der Waals surface area contributed by atoms with Crippen LogP contribution < -0.4 is 10.9 Å². The smallest absolute Gasteiger partial charge is 0.271 e. The van der Waals surface area contributed by atoms with Gasteiger partial charge in [-0.2, -0.15) is 0 Å². The number of aromatic amines is 1. The number of rotatable bonds is 3. The number of hydrogen-bond acceptors (Lipinski definition) is 3. The van der Waals surface area contributed by atoms with E-state index in [4.69, 9.17) is 0 Å². The first-order chi connectivity index (χ1) is 11.1. The fourth-order valence-corrected chi connectivity index (χ4v) is 2.30. The Morgan fingerprint density at radius 3 is 2.74 bits per heavy atom. The molecule has 0 spiro atoms. The lowest BCUT2D eigenvalue weighted by Gasteiger charge is -2.07. The van der Waals surface area contributed by atoms with Gasteiger partial charge in [0, 0.05) is 29.0 Å². The van der Waals surface area contributed by atoms with Crippen LogP contribution in [0.3, 0.4) is 0 Å². The van der Waals surface area contributed by atoms with Crippen molar-refractivity contribution in [1.29, 1.82) is 0 Å². The van der Waals surface area contributed by atoms with Gasteiger partial charge in [0.25, 0.3) is 5.91 Å². The number of benzene rings is 1. The first-order valence-corrected chi connectivity index (χ1v) is 7.20. The van der Waals surface area contributed by atoms with E-state index in [9.17, 15) is 9.59 Å². The molecule has 0 saturated carbocycles. The SMILES string of the molecule is Cc1ccc(C(=O)NNC(=O)Cc2c[nH]c3ccccc23)cn1. The van der Waals surface area contributed by atoms with Crippen molar-refractivity contribution in [3.05, 3.63) is 65.6 Å². The monoisotopic (exact) mass is 308 g/mol. The summed E-state index contributed by atoms with van der Waals surface area (Å²) in [5.41, 5.74) is 7.88. The molecule has 1 aromatic carbocycles. The van der Waals surface area contributed by atoms with Crippen LogP contribution in [0.4, 0.5) is 0 Å². The van der Waals surface area contributed by atoms with Gasteiger partial charge < -0.3 is 4.98 Å². The van der Waals surface area contributed by atoms with Crippen LogP contribution in [0.15, 0.2) is 48.8 Å². The first-order valence-electron chi connectivity index (χ1n) is 7.20. The van der Waals surface area contributed by atoms with Crippen LogP contribution >= 0.6 is 0 Å². The average Bonchev–Trinajstić information content (AvgIpc) is 2.96. The number of para-hydroxylation sites is 1. The van der Waals surface area contributed by atoms with Crippen molar-refractivity contribution in [2.45, 2.75) is 13.3 Å². The number of nitrogens with zero attached hydrogens (tertiary/aromatic N) is 1. The molecule has 2 amide bonds. The minimum absolute atomic E-state index is 0.177. The third kappa shape index (κ3) is 3.37. The largest absolute Gasteiger partial charge is 0.361 e. The van der Waals surface area contributed by atoms with E-state index in [-0.39, 0.29) is 12.3 Å². The van der Waals surface area contributed by atoms with Crippen molar-refractivity contribution < 1.29 is 9.59 Å². The van der Waals surface area contributed by atoms with Gasteiger partial charge in [0.1, 0.15) is 0 Å². The third-order valence-corrected chi connectivity index (χ3v) is 3.51. The number of nitrogens with one attached hydrogen (secondary N) is 3. The Morgan fingerprint density at radius 2 is 1.96 bits per heavy atom. The molecule has 116 valence electrons. The minimum atomic E-state index is -0.398. The van der Waals surface area contributed by atoms with Crippen LogP contribution in [0.2, 0.25) is 0 Å². The Kier molecular flexibility index (Phi) is 4.05. The van der Waals surface area contributed by atoms with Crippen molar-refractivity contribution in [2.24, 2.45) is 0 Å². The molecule has 0 bridgehead atoms. The van der Waals surface area contributed by atoms with E-state index in [1.807, 2.05) is 31.2 Å². The highest BCUT2D eigenvalue weighted by molar-refractivity contribution is 5.95. The van der Waals surface area contributed by atoms with Crippen molar-refractivity contribution >= 4 is 22.7 Å². The molecule has 6 nitrogen and oxygen atoms in total. The van der Waals surface area contributed by atoms with Crippen LogP contribution in [-0.2, 0) is 11.2 Å². The number of aromatic nitrogens is 2. The van der Waals surface area contributed by atoms with Gasteiger partial charge in [0.05, 0.1) is 12.0 Å². The molecule has 0 fully saturated rings. The van der Waals surface area contributed by atoms with Crippen molar-refractivity contribution in [1.82, 2.24) is 20.8 Å². The van der Waals surface area contributed by atoms with E-state index in [1.165, 1.54) is 6.20 Å². The molecule has 3 aromatic rings. The predicted molar refractivity (Wildman–Crippen MR) is 86.6 cm³/mol. The number of carbonyl (C=O) groups is 2. The Hall–Kier alpha value is -3.15. The van der Waals surface area contributed by atoms with Gasteiger partial charge in [0.2, 0.25) is 5.91 Å². The molecule has 0 unspecified atom stereocenters. The first kappa shape index (κ1) is 14.8. The number of carbonyl (C=O) groups excluding carboxylic acids is 2. The molecule has 0 aliphatic heterocycles. The Labute approximate surface area is 132 Å². The number of aryl methyl sites for hydroxylation is 1. The second kappa shape index (κ2) is 6.31. The van der Waals surface area contributed by atoms with E-state index in [0.717, 1.165) is 22.2 Å². The predicted octanol–water partition coefficient (Wildman–Crippen LogP) is 1.88. The van der Waals surface area contributed by atoms with Crippen LogP contribution in [0.25, 0.3) is 10.9 Å². The van der Waals surface area contributed by atoms with Crippen molar-refractivity contribution in [3.8, 4) is 0 Å². The van der Waals surface area contributed by atoms with Gasteiger partial charge >= 0.3 is 0 Å². The Morgan fingerprint density at radius 1 is 1.13 bits per heavy atom. The van der Waals surface area contributed by atoms with E-state index in [2.05, 4.69) is 20.8 Å². The molecule has 0 saturated heterocycles. The van der Waals surface area contributed by atoms with E-state index in [0.29, 0.717) is 5.56 Å². The Bertz CT molecular complexity index is 852. The van der Waals surface area contributed by atoms with E-state index in [1.54, 1.807) is 18.3 Å². The lowest BCUT2D eigenvalue weighted by molar-refractivity contribution is -0.121. The number of amides is 2. The number of hydrazine groups is 1. The third-order valence-electron chi connectivity index (χ3n) is 3.51. The number of fused-ring (bicyclic) bond motifs is 1. The lowest BCUT2D eigenvalue weighted by Crippen LogP contribution is -2.42. The quantitative estimate of drug-likeness (QED) is 0.646. The molecule has 2 aromatic heterocycles. The molecule has 0 aliphatic carbocycles. The van der Waals surface area contributed by atoms with Gasteiger partial charge in [-0.1, -0.05) is 18.2 Å². The molecule has 0 atom stereocenters. The zero-order valence-electron chi connectivity index (χ0n) is 12.6. The van der Waals surface area contributed by atoms with Crippen molar-refractivity contribution in [3.63, 3.8) is 0 Å². The van der Waals surface area contributed by atoms with Crippen LogP contribution in [0, 0.1) is 6.92 Å². The summed E-state index contributed by atoms with van der Waals surface area (Å²) in [6.07, 6.45) is 3.45. The van der Waals surface area contributed by atoms with Crippen molar-refractivity contribution in [2.75, 3.05) is 0 Å². The summed E-state index contributed by atoms with van der Waals surface area (Å²) in [7, 11) is 0. The fraction of sp³-hybridized carbons (Fsp3) is 0.118. The molecule has 23 heavy (non-hydrogen) atoms. The second-order valence-electron chi connectivity index (χ2n) is 5.23. The maximum Gasteiger partial charge on any atom is 0.271 e. The maximum absolute atomic E-state index is 12.0. The maximum atomic E-state index is 12.0. The fourth-order valence-electron chi connectivity index (χ4n) is 2.30. The molecule has 2 heterocycles. The number of hydrogen-bond donors (Lipinski definition) is 3. The normalized spacial score (nSPS) is 10.5. The summed E-state index contributed by atoms with van der Waals surface area (Å²) in [5, 5.41) is 0.997. The highest BCUT2D eigenvalue weighted by Crippen LogP contribution is 2.17. The average molecular weight is 308 g/mol. The molecule has 0 aliphatic rings. The lowest BCUT2D eigenvalue weighted by atomic mass is 10.1. The topological polar surface area (TPSA) is 86.9 Å². The highest BCUT2D eigenvalue weighted by Gasteiger charge is 2.10. The summed E-state index contributed by atoms with van der Waals surface area (Å²) in [5.74, 6) is -0.687. The minimum Gasteiger partial charge on any atom is -0.361 e. The molecule has 6 heteroatoms. The summed E-state index contributed by atoms with van der Waals surface area (Å²) in [6.45, 7) is 1.84. The summed E-state index contributed by atoms with van der Waals surface area (Å²) >= 11 is 0. The number of pyridine rings is 1. The summed E-state index contributed by atoms with van der Waals surface area (Å²) in [4.78, 5) is 31.1.